The predicted molar refractivity (Wildman–Crippen MR) is 82.9 cm³/mol. The molecule has 1 fully saturated rings. The Morgan fingerprint density at radius 2 is 1.85 bits per heavy atom. The minimum Gasteiger partial charge on any atom is -0.314 e. The van der Waals surface area contributed by atoms with Crippen LogP contribution >= 0.6 is 24.8 Å². The van der Waals surface area contributed by atoms with Crippen molar-refractivity contribution in [2.24, 2.45) is 0 Å². The van der Waals surface area contributed by atoms with Gasteiger partial charge in [0.15, 0.2) is 11.6 Å². The molecule has 0 amide bonds. The third kappa shape index (κ3) is 4.55. The summed E-state index contributed by atoms with van der Waals surface area (Å²) in [4.78, 5) is 2.25. The fourth-order valence-electron chi connectivity index (χ4n) is 2.58. The maximum absolute atomic E-state index is 13.9. The fraction of sp³-hybridized carbons (Fsp3) is 0.571. The Morgan fingerprint density at radius 3 is 2.45 bits per heavy atom. The van der Waals surface area contributed by atoms with Crippen molar-refractivity contribution in [1.29, 1.82) is 0 Å². The van der Waals surface area contributed by atoms with Gasteiger partial charge in [0.25, 0.3) is 0 Å². The molecule has 1 aromatic rings. The molecule has 0 radical (unpaired) electrons. The van der Waals surface area contributed by atoms with Crippen LogP contribution in [0.5, 0.6) is 0 Å². The van der Waals surface area contributed by atoms with Gasteiger partial charge in [-0.1, -0.05) is 25.5 Å². The lowest BCUT2D eigenvalue weighted by Crippen LogP contribution is -2.45. The Hall–Kier alpha value is -0.420. The summed E-state index contributed by atoms with van der Waals surface area (Å²) >= 11 is 0. The van der Waals surface area contributed by atoms with Crippen LogP contribution < -0.4 is 5.32 Å². The molecule has 1 heterocycles. The number of halogens is 4. The molecule has 0 aromatic heterocycles. The molecule has 2 rings (SSSR count). The van der Waals surface area contributed by atoms with Gasteiger partial charge in [-0.3, -0.25) is 4.90 Å². The Balaban J connectivity index is 0.00000180. The predicted octanol–water partition coefficient (Wildman–Crippen LogP) is 3.55. The van der Waals surface area contributed by atoms with Crippen molar-refractivity contribution in [3.8, 4) is 0 Å². The third-order valence-corrected chi connectivity index (χ3v) is 3.49. The zero-order valence-corrected chi connectivity index (χ0v) is 13.2. The first-order valence-corrected chi connectivity index (χ1v) is 6.62. The SMILES string of the molecule is CCC[C@H](c1cccc(F)c1F)N1CCNCC1.Cl.Cl. The van der Waals surface area contributed by atoms with E-state index in [0.717, 1.165) is 39.0 Å². The summed E-state index contributed by atoms with van der Waals surface area (Å²) in [7, 11) is 0. The number of nitrogens with one attached hydrogen (secondary N) is 1. The van der Waals surface area contributed by atoms with Gasteiger partial charge >= 0.3 is 0 Å². The van der Waals surface area contributed by atoms with E-state index in [0.29, 0.717) is 5.56 Å². The van der Waals surface area contributed by atoms with E-state index in [1.165, 1.54) is 6.07 Å². The number of nitrogens with zero attached hydrogens (tertiary/aromatic N) is 1. The van der Waals surface area contributed by atoms with E-state index >= 15 is 0 Å². The Kier molecular flexibility index (Phi) is 9.30. The summed E-state index contributed by atoms with van der Waals surface area (Å²) < 4.78 is 27.3. The van der Waals surface area contributed by atoms with Gasteiger partial charge in [-0.25, -0.2) is 8.78 Å². The maximum atomic E-state index is 13.9. The van der Waals surface area contributed by atoms with Gasteiger partial charge in [-0.05, 0) is 12.5 Å². The molecule has 1 atom stereocenters. The fourth-order valence-corrected chi connectivity index (χ4v) is 2.58. The van der Waals surface area contributed by atoms with Crippen LogP contribution in [0, 0.1) is 11.6 Å². The summed E-state index contributed by atoms with van der Waals surface area (Å²) in [6, 6.07) is 4.48. The highest BCUT2D eigenvalue weighted by molar-refractivity contribution is 5.85. The van der Waals surface area contributed by atoms with Gasteiger partial charge in [-0.15, -0.1) is 24.8 Å². The molecule has 1 saturated heterocycles. The number of benzene rings is 1. The van der Waals surface area contributed by atoms with Crippen molar-refractivity contribution in [3.63, 3.8) is 0 Å². The van der Waals surface area contributed by atoms with Crippen LogP contribution in [0.4, 0.5) is 8.78 Å². The van der Waals surface area contributed by atoms with E-state index in [9.17, 15) is 8.78 Å². The highest BCUT2D eigenvalue weighted by atomic mass is 35.5. The van der Waals surface area contributed by atoms with Crippen LogP contribution in [-0.4, -0.2) is 31.1 Å². The second-order valence-electron chi connectivity index (χ2n) is 4.73. The van der Waals surface area contributed by atoms with Gasteiger partial charge in [0.2, 0.25) is 0 Å². The highest BCUT2D eigenvalue weighted by Crippen LogP contribution is 2.29. The minimum absolute atomic E-state index is 0. The van der Waals surface area contributed by atoms with Crippen molar-refractivity contribution in [3.05, 3.63) is 35.4 Å². The van der Waals surface area contributed by atoms with E-state index in [1.807, 2.05) is 0 Å². The zero-order chi connectivity index (χ0) is 13.0. The summed E-state index contributed by atoms with van der Waals surface area (Å²) in [6.45, 7) is 5.68. The first-order valence-electron chi connectivity index (χ1n) is 6.62. The second kappa shape index (κ2) is 9.50. The molecule has 1 N–H and O–H groups in total. The standard InChI is InChI=1S/C14H20F2N2.2ClH/c1-2-4-13(18-9-7-17-8-10-18)11-5-3-6-12(15)14(11)16;;/h3,5-6,13,17H,2,4,7-10H2,1H3;2*1H/t13-;;/m1../s1. The van der Waals surface area contributed by atoms with E-state index < -0.39 is 11.6 Å². The minimum atomic E-state index is -0.747. The molecule has 0 spiro atoms. The molecule has 2 nitrogen and oxygen atoms in total. The molecule has 1 aliphatic rings. The molecular formula is C14H22Cl2F2N2. The maximum Gasteiger partial charge on any atom is 0.163 e. The molecule has 1 aliphatic heterocycles. The number of hydrogen-bond acceptors (Lipinski definition) is 2. The molecule has 0 saturated carbocycles. The number of hydrogen-bond donors (Lipinski definition) is 1. The summed E-state index contributed by atoms with van der Waals surface area (Å²) in [6.07, 6.45) is 1.82. The van der Waals surface area contributed by atoms with Gasteiger partial charge < -0.3 is 5.32 Å². The smallest absolute Gasteiger partial charge is 0.163 e. The Morgan fingerprint density at radius 1 is 1.20 bits per heavy atom. The van der Waals surface area contributed by atoms with Crippen LogP contribution in [-0.2, 0) is 0 Å². The number of rotatable bonds is 4. The van der Waals surface area contributed by atoms with E-state index in [2.05, 4.69) is 17.1 Å². The van der Waals surface area contributed by atoms with Crippen LogP contribution in [0.2, 0.25) is 0 Å². The van der Waals surface area contributed by atoms with E-state index in [4.69, 9.17) is 0 Å². The summed E-state index contributed by atoms with van der Waals surface area (Å²) in [5.74, 6) is -1.43. The number of piperazine rings is 1. The second-order valence-corrected chi connectivity index (χ2v) is 4.73. The molecule has 1 aromatic carbocycles. The monoisotopic (exact) mass is 326 g/mol. The lowest BCUT2D eigenvalue weighted by molar-refractivity contribution is 0.160. The molecule has 116 valence electrons. The molecular weight excluding hydrogens is 305 g/mol. The first kappa shape index (κ1) is 19.6. The normalized spacial score (nSPS) is 16.9. The topological polar surface area (TPSA) is 15.3 Å². The van der Waals surface area contributed by atoms with Crippen LogP contribution in [0.25, 0.3) is 0 Å². The quantitative estimate of drug-likeness (QED) is 0.910. The van der Waals surface area contributed by atoms with Crippen molar-refractivity contribution in [2.75, 3.05) is 26.2 Å². The van der Waals surface area contributed by atoms with Crippen LogP contribution in [0.15, 0.2) is 18.2 Å². The van der Waals surface area contributed by atoms with Crippen molar-refractivity contribution >= 4 is 24.8 Å². The zero-order valence-electron chi connectivity index (χ0n) is 11.6. The Labute approximate surface area is 131 Å². The summed E-state index contributed by atoms with van der Waals surface area (Å²) in [5, 5.41) is 3.28. The average molecular weight is 327 g/mol. The first-order chi connectivity index (χ1) is 8.74. The van der Waals surface area contributed by atoms with E-state index in [-0.39, 0.29) is 30.9 Å². The molecule has 6 heteroatoms. The van der Waals surface area contributed by atoms with Crippen molar-refractivity contribution in [2.45, 2.75) is 25.8 Å². The van der Waals surface area contributed by atoms with Crippen LogP contribution in [0.1, 0.15) is 31.4 Å². The molecule has 0 bridgehead atoms. The largest absolute Gasteiger partial charge is 0.314 e. The highest BCUT2D eigenvalue weighted by Gasteiger charge is 2.24. The van der Waals surface area contributed by atoms with Gasteiger partial charge in [0, 0.05) is 37.8 Å². The molecule has 20 heavy (non-hydrogen) atoms. The van der Waals surface area contributed by atoms with Crippen molar-refractivity contribution < 1.29 is 8.78 Å². The van der Waals surface area contributed by atoms with Crippen LogP contribution in [0.3, 0.4) is 0 Å². The Bertz CT molecular complexity index is 399. The van der Waals surface area contributed by atoms with Gasteiger partial charge in [-0.2, -0.15) is 0 Å². The molecule has 0 aliphatic carbocycles. The lowest BCUT2D eigenvalue weighted by atomic mass is 9.99. The van der Waals surface area contributed by atoms with Gasteiger partial charge in [0.1, 0.15) is 0 Å². The average Bonchev–Trinajstić information content (AvgIpc) is 2.41. The lowest BCUT2D eigenvalue weighted by Gasteiger charge is -2.35. The van der Waals surface area contributed by atoms with E-state index in [1.54, 1.807) is 12.1 Å². The van der Waals surface area contributed by atoms with Gasteiger partial charge in [0.05, 0.1) is 0 Å². The summed E-state index contributed by atoms with van der Waals surface area (Å²) in [5.41, 5.74) is 0.499. The third-order valence-electron chi connectivity index (χ3n) is 3.49. The molecule has 0 unspecified atom stereocenters. The van der Waals surface area contributed by atoms with Crippen molar-refractivity contribution in [1.82, 2.24) is 10.2 Å².